The Balaban J connectivity index is 1.41. The highest BCUT2D eigenvalue weighted by Crippen LogP contribution is 2.17. The van der Waals surface area contributed by atoms with Crippen molar-refractivity contribution in [3.05, 3.63) is 64.7 Å². The average molecular weight is 415 g/mol. The average Bonchev–Trinajstić information content (AvgIpc) is 2.73. The number of piperazine rings is 1. The highest BCUT2D eigenvalue weighted by Gasteiger charge is 2.19. The molecule has 2 amide bonds. The Kier molecular flexibility index (Phi) is 6.85. The molecule has 0 radical (unpaired) electrons. The molecule has 0 bridgehead atoms. The van der Waals surface area contributed by atoms with Crippen molar-refractivity contribution in [2.75, 3.05) is 37.6 Å². The summed E-state index contributed by atoms with van der Waals surface area (Å²) in [5.74, 6) is -0.615. The molecule has 2 N–H and O–H groups in total. The van der Waals surface area contributed by atoms with Gasteiger partial charge in [-0.3, -0.25) is 30.1 Å². The normalized spacial score (nSPS) is 14.3. The molecule has 0 atom stereocenters. The zero-order valence-corrected chi connectivity index (χ0v) is 16.9. The van der Waals surface area contributed by atoms with Gasteiger partial charge in [0, 0.05) is 48.0 Å². The standard InChI is InChI=1S/C21H23ClN4O3/c1-15(27)16-4-8-19(9-5-16)26-12-10-25(11-13-26)14-20(28)23-24-21(29)17-2-6-18(22)7-3-17/h2-9H,10-14H2,1H3,(H,23,28)(H,24,29). The SMILES string of the molecule is CC(=O)c1ccc(N2CCN(CC(=O)NNC(=O)c3ccc(Cl)cc3)CC2)cc1. The largest absolute Gasteiger partial charge is 0.369 e. The first kappa shape index (κ1) is 20.8. The van der Waals surface area contributed by atoms with Crippen LogP contribution < -0.4 is 15.8 Å². The summed E-state index contributed by atoms with van der Waals surface area (Å²) >= 11 is 5.80. The van der Waals surface area contributed by atoms with Crippen LogP contribution >= 0.6 is 11.6 Å². The lowest BCUT2D eigenvalue weighted by atomic mass is 10.1. The van der Waals surface area contributed by atoms with E-state index in [2.05, 4.69) is 15.8 Å². The van der Waals surface area contributed by atoms with Crippen LogP contribution in [0.4, 0.5) is 5.69 Å². The zero-order valence-electron chi connectivity index (χ0n) is 16.2. The number of hydrogen-bond acceptors (Lipinski definition) is 5. The van der Waals surface area contributed by atoms with E-state index in [-0.39, 0.29) is 18.2 Å². The van der Waals surface area contributed by atoms with Crippen LogP contribution in [0.25, 0.3) is 0 Å². The van der Waals surface area contributed by atoms with Crippen molar-refractivity contribution in [3.8, 4) is 0 Å². The van der Waals surface area contributed by atoms with E-state index in [4.69, 9.17) is 11.6 Å². The van der Waals surface area contributed by atoms with E-state index in [9.17, 15) is 14.4 Å². The van der Waals surface area contributed by atoms with Gasteiger partial charge in [0.15, 0.2) is 5.78 Å². The molecule has 0 aliphatic carbocycles. The van der Waals surface area contributed by atoms with E-state index >= 15 is 0 Å². The third-order valence-corrected chi connectivity index (χ3v) is 5.05. The van der Waals surface area contributed by atoms with Crippen molar-refractivity contribution in [2.45, 2.75) is 6.92 Å². The summed E-state index contributed by atoms with van der Waals surface area (Å²) in [5, 5.41) is 0.541. The second-order valence-corrected chi connectivity index (χ2v) is 7.31. The van der Waals surface area contributed by atoms with Gasteiger partial charge in [-0.15, -0.1) is 0 Å². The molecule has 29 heavy (non-hydrogen) atoms. The maximum absolute atomic E-state index is 12.1. The number of hydrazine groups is 1. The molecule has 2 aromatic rings. The van der Waals surface area contributed by atoms with E-state index in [0.29, 0.717) is 16.1 Å². The minimum atomic E-state index is -0.395. The van der Waals surface area contributed by atoms with E-state index in [1.807, 2.05) is 29.2 Å². The second-order valence-electron chi connectivity index (χ2n) is 6.88. The third kappa shape index (κ3) is 5.79. The number of ketones is 1. The van der Waals surface area contributed by atoms with Crippen molar-refractivity contribution < 1.29 is 14.4 Å². The van der Waals surface area contributed by atoms with Crippen molar-refractivity contribution in [3.63, 3.8) is 0 Å². The molecule has 1 fully saturated rings. The number of rotatable bonds is 5. The molecule has 1 heterocycles. The van der Waals surface area contributed by atoms with Crippen LogP contribution in [-0.4, -0.2) is 55.2 Å². The first-order valence-corrected chi connectivity index (χ1v) is 9.73. The molecule has 3 rings (SSSR count). The van der Waals surface area contributed by atoms with Crippen LogP contribution in [0.1, 0.15) is 27.6 Å². The fourth-order valence-electron chi connectivity index (χ4n) is 3.11. The van der Waals surface area contributed by atoms with Crippen molar-refractivity contribution in [1.29, 1.82) is 0 Å². The summed E-state index contributed by atoms with van der Waals surface area (Å²) in [5.41, 5.74) is 7.03. The Hall–Kier alpha value is -2.90. The fourth-order valence-corrected chi connectivity index (χ4v) is 3.24. The Morgan fingerprint density at radius 3 is 2.03 bits per heavy atom. The molecule has 0 spiro atoms. The third-order valence-electron chi connectivity index (χ3n) is 4.80. The number of nitrogens with zero attached hydrogens (tertiary/aromatic N) is 2. The monoisotopic (exact) mass is 414 g/mol. The molecular formula is C21H23ClN4O3. The number of hydrogen-bond donors (Lipinski definition) is 2. The summed E-state index contributed by atoms with van der Waals surface area (Å²) in [4.78, 5) is 39.8. The Morgan fingerprint density at radius 2 is 1.45 bits per heavy atom. The maximum atomic E-state index is 12.1. The van der Waals surface area contributed by atoms with Crippen molar-refractivity contribution in [1.82, 2.24) is 15.8 Å². The predicted octanol–water partition coefficient (Wildman–Crippen LogP) is 2.13. The van der Waals surface area contributed by atoms with Gasteiger partial charge in [-0.05, 0) is 55.5 Å². The Bertz CT molecular complexity index is 876. The molecular weight excluding hydrogens is 392 g/mol. The van der Waals surface area contributed by atoms with Crippen LogP contribution in [0.5, 0.6) is 0 Å². The second kappa shape index (κ2) is 9.54. The number of benzene rings is 2. The summed E-state index contributed by atoms with van der Waals surface area (Å²) in [6.07, 6.45) is 0. The summed E-state index contributed by atoms with van der Waals surface area (Å²) < 4.78 is 0. The quantitative estimate of drug-likeness (QED) is 0.578. The summed E-state index contributed by atoms with van der Waals surface area (Å²) in [6, 6.07) is 14.0. The van der Waals surface area contributed by atoms with Crippen LogP contribution in [-0.2, 0) is 4.79 Å². The molecule has 2 aromatic carbocycles. The highest BCUT2D eigenvalue weighted by atomic mass is 35.5. The minimum absolute atomic E-state index is 0.0514. The van der Waals surface area contributed by atoms with Crippen LogP contribution in [0.3, 0.4) is 0 Å². The Morgan fingerprint density at radius 1 is 0.862 bits per heavy atom. The van der Waals surface area contributed by atoms with Crippen molar-refractivity contribution in [2.24, 2.45) is 0 Å². The van der Waals surface area contributed by atoms with Gasteiger partial charge >= 0.3 is 0 Å². The number of anilines is 1. The minimum Gasteiger partial charge on any atom is -0.369 e. The molecule has 0 unspecified atom stereocenters. The molecule has 1 aliphatic heterocycles. The van der Waals surface area contributed by atoms with E-state index in [0.717, 1.165) is 31.9 Å². The van der Waals surface area contributed by atoms with Gasteiger partial charge in [-0.2, -0.15) is 0 Å². The first-order valence-electron chi connectivity index (χ1n) is 9.35. The predicted molar refractivity (Wildman–Crippen MR) is 112 cm³/mol. The number of nitrogens with one attached hydrogen (secondary N) is 2. The lowest BCUT2D eigenvalue weighted by molar-refractivity contribution is -0.123. The van der Waals surface area contributed by atoms with E-state index in [1.165, 1.54) is 0 Å². The van der Waals surface area contributed by atoms with Gasteiger partial charge in [0.1, 0.15) is 0 Å². The molecule has 152 valence electrons. The number of Topliss-reactive ketones (excluding diaryl/α,β-unsaturated/α-hetero) is 1. The van der Waals surface area contributed by atoms with Gasteiger partial charge in [0.2, 0.25) is 0 Å². The molecule has 1 saturated heterocycles. The number of carbonyl (C=O) groups excluding carboxylic acids is 3. The van der Waals surface area contributed by atoms with Crippen LogP contribution in [0.15, 0.2) is 48.5 Å². The van der Waals surface area contributed by atoms with Gasteiger partial charge in [0.25, 0.3) is 11.8 Å². The molecule has 8 heteroatoms. The summed E-state index contributed by atoms with van der Waals surface area (Å²) in [7, 11) is 0. The topological polar surface area (TPSA) is 81.8 Å². The zero-order chi connectivity index (χ0) is 20.8. The molecule has 0 saturated carbocycles. The first-order chi connectivity index (χ1) is 13.9. The van der Waals surface area contributed by atoms with E-state index in [1.54, 1.807) is 31.2 Å². The smallest absolute Gasteiger partial charge is 0.269 e. The Labute approximate surface area is 174 Å². The van der Waals surface area contributed by atoms with Gasteiger partial charge in [-0.25, -0.2) is 0 Å². The molecule has 7 nitrogen and oxygen atoms in total. The van der Waals surface area contributed by atoms with Crippen LogP contribution in [0.2, 0.25) is 5.02 Å². The van der Waals surface area contributed by atoms with Gasteiger partial charge in [-0.1, -0.05) is 11.6 Å². The summed E-state index contributed by atoms with van der Waals surface area (Å²) in [6.45, 7) is 4.78. The lowest BCUT2D eigenvalue weighted by Gasteiger charge is -2.35. The molecule has 0 aromatic heterocycles. The maximum Gasteiger partial charge on any atom is 0.269 e. The van der Waals surface area contributed by atoms with E-state index < -0.39 is 5.91 Å². The van der Waals surface area contributed by atoms with Crippen LogP contribution in [0, 0.1) is 0 Å². The molecule has 1 aliphatic rings. The number of carbonyl (C=O) groups is 3. The van der Waals surface area contributed by atoms with Crippen molar-refractivity contribution >= 4 is 34.9 Å². The highest BCUT2D eigenvalue weighted by molar-refractivity contribution is 6.30. The lowest BCUT2D eigenvalue weighted by Crippen LogP contribution is -2.52. The van der Waals surface area contributed by atoms with Gasteiger partial charge in [0.05, 0.1) is 6.54 Å². The van der Waals surface area contributed by atoms with Gasteiger partial charge < -0.3 is 4.90 Å². The fraction of sp³-hybridized carbons (Fsp3) is 0.286. The number of amides is 2. The number of halogens is 1.